The Balaban J connectivity index is 1.48. The third-order valence-corrected chi connectivity index (χ3v) is 7.52. The molecular weight excluding hydrogens is 419 g/mol. The predicted molar refractivity (Wildman–Crippen MR) is 115 cm³/mol. The highest BCUT2D eigenvalue weighted by atomic mass is 32.2. The van der Waals surface area contributed by atoms with Crippen molar-refractivity contribution in [2.75, 3.05) is 26.2 Å². The Kier molecular flexibility index (Phi) is 6.06. The molecule has 4 rings (SSSR count). The number of halogens is 1. The van der Waals surface area contributed by atoms with Crippen molar-refractivity contribution in [1.29, 1.82) is 0 Å². The highest BCUT2D eigenvalue weighted by Crippen LogP contribution is 2.20. The van der Waals surface area contributed by atoms with E-state index in [4.69, 9.17) is 0 Å². The zero-order chi connectivity index (χ0) is 22.0. The van der Waals surface area contributed by atoms with Crippen molar-refractivity contribution in [3.63, 3.8) is 0 Å². The maximum atomic E-state index is 13.2. The highest BCUT2D eigenvalue weighted by molar-refractivity contribution is 7.89. The predicted octanol–water partition coefficient (Wildman–Crippen LogP) is 2.66. The number of amides is 1. The smallest absolute Gasteiger partial charge is 0.243 e. The van der Waals surface area contributed by atoms with Crippen LogP contribution in [0.5, 0.6) is 0 Å². The molecule has 1 fully saturated rings. The fourth-order valence-corrected chi connectivity index (χ4v) is 5.42. The van der Waals surface area contributed by atoms with E-state index < -0.39 is 15.8 Å². The average Bonchev–Trinajstić information content (AvgIpc) is 2.94. The van der Waals surface area contributed by atoms with Crippen molar-refractivity contribution in [1.82, 2.24) is 18.8 Å². The molecule has 1 aromatic heterocycles. The van der Waals surface area contributed by atoms with Crippen LogP contribution in [0.3, 0.4) is 0 Å². The lowest BCUT2D eigenvalue weighted by molar-refractivity contribution is -0.131. The lowest BCUT2D eigenvalue weighted by atomic mass is 10.3. The van der Waals surface area contributed by atoms with Gasteiger partial charge in [-0.3, -0.25) is 4.79 Å². The van der Waals surface area contributed by atoms with Crippen LogP contribution in [0.25, 0.3) is 11.0 Å². The van der Waals surface area contributed by atoms with Crippen LogP contribution in [0, 0.1) is 5.82 Å². The second-order valence-corrected chi connectivity index (χ2v) is 9.49. The molecule has 1 saturated heterocycles. The summed E-state index contributed by atoms with van der Waals surface area (Å²) >= 11 is 0. The molecule has 1 amide bonds. The van der Waals surface area contributed by atoms with Crippen molar-refractivity contribution in [2.45, 2.75) is 31.2 Å². The van der Waals surface area contributed by atoms with Crippen molar-refractivity contribution >= 4 is 27.0 Å². The zero-order valence-electron chi connectivity index (χ0n) is 17.4. The number of rotatable bonds is 5. The highest BCUT2D eigenvalue weighted by Gasteiger charge is 2.28. The van der Waals surface area contributed by atoms with E-state index in [-0.39, 0.29) is 23.9 Å². The number of hydrogen-bond acceptors (Lipinski definition) is 4. The molecule has 0 N–H and O–H groups in total. The van der Waals surface area contributed by atoms with Gasteiger partial charge in [0.15, 0.2) is 0 Å². The van der Waals surface area contributed by atoms with Gasteiger partial charge in [0.2, 0.25) is 15.9 Å². The Labute approximate surface area is 181 Å². The molecule has 1 aliphatic heterocycles. The second-order valence-electron chi connectivity index (χ2n) is 7.55. The minimum atomic E-state index is -3.73. The fourth-order valence-electron chi connectivity index (χ4n) is 3.95. The van der Waals surface area contributed by atoms with Crippen molar-refractivity contribution in [2.24, 2.45) is 0 Å². The molecule has 1 aliphatic rings. The Hall–Kier alpha value is -2.78. The first-order chi connectivity index (χ1) is 14.9. The van der Waals surface area contributed by atoms with Gasteiger partial charge in [-0.2, -0.15) is 4.31 Å². The molecule has 0 spiro atoms. The fraction of sp³-hybridized carbons (Fsp3) is 0.364. The van der Waals surface area contributed by atoms with Crippen molar-refractivity contribution < 1.29 is 17.6 Å². The quantitative estimate of drug-likeness (QED) is 0.606. The molecule has 0 unspecified atom stereocenters. The van der Waals surface area contributed by atoms with E-state index in [2.05, 4.69) is 4.98 Å². The summed E-state index contributed by atoms with van der Waals surface area (Å²) in [5.41, 5.74) is 1.78. The van der Waals surface area contributed by atoms with Crippen LogP contribution < -0.4 is 0 Å². The number of aryl methyl sites for hydroxylation is 1. The van der Waals surface area contributed by atoms with Gasteiger partial charge < -0.3 is 9.47 Å². The van der Waals surface area contributed by atoms with E-state index >= 15 is 0 Å². The first-order valence-corrected chi connectivity index (χ1v) is 11.8. The maximum absolute atomic E-state index is 13.2. The average molecular weight is 445 g/mol. The third kappa shape index (κ3) is 4.33. The van der Waals surface area contributed by atoms with Crippen LogP contribution in [0.4, 0.5) is 4.39 Å². The standard InChI is InChI=1S/C22H25FN4O3S/c1-2-21-24-19-6-3-4-7-20(19)27(21)16-22(28)25-12-5-13-26(15-14-25)31(29,30)18-10-8-17(23)9-11-18/h3-4,6-11H,2,5,12-16H2,1H3. The number of carbonyl (C=O) groups is 1. The van der Waals surface area contributed by atoms with Gasteiger partial charge in [0.1, 0.15) is 18.2 Å². The van der Waals surface area contributed by atoms with Gasteiger partial charge in [-0.05, 0) is 42.8 Å². The summed E-state index contributed by atoms with van der Waals surface area (Å²) in [6.07, 6.45) is 1.25. The lowest BCUT2D eigenvalue weighted by Crippen LogP contribution is -2.38. The van der Waals surface area contributed by atoms with Gasteiger partial charge in [0.05, 0.1) is 15.9 Å². The normalized spacial score (nSPS) is 15.9. The lowest BCUT2D eigenvalue weighted by Gasteiger charge is -2.22. The van der Waals surface area contributed by atoms with Gasteiger partial charge in [-0.25, -0.2) is 17.8 Å². The molecule has 164 valence electrons. The summed E-state index contributed by atoms with van der Waals surface area (Å²) in [5.74, 6) is 0.314. The Morgan fingerprint density at radius 1 is 1.03 bits per heavy atom. The number of nitrogens with zero attached hydrogens (tertiary/aromatic N) is 4. The van der Waals surface area contributed by atoms with E-state index in [1.807, 2.05) is 35.8 Å². The second kappa shape index (κ2) is 8.76. The van der Waals surface area contributed by atoms with Crippen molar-refractivity contribution in [3.8, 4) is 0 Å². The largest absolute Gasteiger partial charge is 0.340 e. The molecule has 0 aliphatic carbocycles. The van der Waals surface area contributed by atoms with Crippen LogP contribution >= 0.6 is 0 Å². The van der Waals surface area contributed by atoms with Gasteiger partial charge in [-0.15, -0.1) is 0 Å². The molecule has 31 heavy (non-hydrogen) atoms. The SMILES string of the molecule is CCc1nc2ccccc2n1CC(=O)N1CCCN(S(=O)(=O)c2ccc(F)cc2)CC1. The Bertz CT molecular complexity index is 1190. The molecule has 2 heterocycles. The number of hydrogen-bond donors (Lipinski definition) is 0. The molecular formula is C22H25FN4O3S. The minimum Gasteiger partial charge on any atom is -0.340 e. The molecule has 0 atom stereocenters. The van der Waals surface area contributed by atoms with Crippen molar-refractivity contribution in [3.05, 3.63) is 60.2 Å². The number of aromatic nitrogens is 2. The Morgan fingerprint density at radius 3 is 2.52 bits per heavy atom. The van der Waals surface area contributed by atoms with Gasteiger partial charge >= 0.3 is 0 Å². The summed E-state index contributed by atoms with van der Waals surface area (Å²) in [4.78, 5) is 19.4. The summed E-state index contributed by atoms with van der Waals surface area (Å²) in [7, 11) is -3.73. The van der Waals surface area contributed by atoms with Crippen LogP contribution in [-0.2, 0) is 27.8 Å². The summed E-state index contributed by atoms with van der Waals surface area (Å²) in [5, 5.41) is 0. The first-order valence-electron chi connectivity index (χ1n) is 10.4. The zero-order valence-corrected chi connectivity index (χ0v) is 18.2. The minimum absolute atomic E-state index is 0.0566. The van der Waals surface area contributed by atoms with E-state index in [1.165, 1.54) is 16.4 Å². The van der Waals surface area contributed by atoms with Crippen LogP contribution in [0.1, 0.15) is 19.2 Å². The van der Waals surface area contributed by atoms with Crippen LogP contribution in [0.2, 0.25) is 0 Å². The summed E-state index contributed by atoms with van der Waals surface area (Å²) in [6.45, 7) is 3.50. The monoisotopic (exact) mass is 444 g/mol. The molecule has 7 nitrogen and oxygen atoms in total. The van der Waals surface area contributed by atoms with Gasteiger partial charge in [-0.1, -0.05) is 19.1 Å². The first kappa shape index (κ1) is 21.5. The molecule has 0 bridgehead atoms. The molecule has 0 radical (unpaired) electrons. The van der Waals surface area contributed by atoms with Crippen LogP contribution in [0.15, 0.2) is 53.4 Å². The maximum Gasteiger partial charge on any atom is 0.243 e. The molecule has 3 aromatic rings. The number of benzene rings is 2. The van der Waals surface area contributed by atoms with E-state index in [1.54, 1.807) is 4.90 Å². The van der Waals surface area contributed by atoms with E-state index in [0.29, 0.717) is 32.5 Å². The van der Waals surface area contributed by atoms with E-state index in [0.717, 1.165) is 29.0 Å². The van der Waals surface area contributed by atoms with Crippen LogP contribution in [-0.4, -0.2) is 59.3 Å². The third-order valence-electron chi connectivity index (χ3n) is 5.60. The van der Waals surface area contributed by atoms with Gasteiger partial charge in [0.25, 0.3) is 0 Å². The Morgan fingerprint density at radius 2 is 1.77 bits per heavy atom. The summed E-state index contributed by atoms with van der Waals surface area (Å²) in [6, 6.07) is 12.6. The number of fused-ring (bicyclic) bond motifs is 1. The number of para-hydroxylation sites is 2. The van der Waals surface area contributed by atoms with Gasteiger partial charge in [0, 0.05) is 32.6 Å². The summed E-state index contributed by atoms with van der Waals surface area (Å²) < 4.78 is 42.3. The number of imidazole rings is 1. The number of carbonyl (C=O) groups excluding carboxylic acids is 1. The number of sulfonamides is 1. The van der Waals surface area contributed by atoms with E-state index in [9.17, 15) is 17.6 Å². The topological polar surface area (TPSA) is 75.5 Å². The molecule has 2 aromatic carbocycles. The molecule has 9 heteroatoms. The molecule has 0 saturated carbocycles.